The lowest BCUT2D eigenvalue weighted by atomic mass is 10.1. The lowest BCUT2D eigenvalue weighted by Crippen LogP contribution is -2.43. The number of nitrogens with zero attached hydrogens (tertiary/aromatic N) is 8. The molecule has 2 aromatic carbocycles. The lowest BCUT2D eigenvalue weighted by Gasteiger charge is -2.27. The highest BCUT2D eigenvalue weighted by molar-refractivity contribution is 8.15. The second-order valence-electron chi connectivity index (χ2n) is 15.0. The fourth-order valence-corrected chi connectivity index (χ4v) is 9.52. The maximum Gasteiger partial charge on any atom is 0.242 e. The van der Waals surface area contributed by atoms with Gasteiger partial charge in [-0.15, -0.1) is 11.8 Å². The van der Waals surface area contributed by atoms with Crippen molar-refractivity contribution in [3.05, 3.63) is 65.0 Å². The maximum absolute atomic E-state index is 13.6. The van der Waals surface area contributed by atoms with Crippen molar-refractivity contribution in [2.45, 2.75) is 82.9 Å². The number of imidazole rings is 2. The highest BCUT2D eigenvalue weighted by Gasteiger charge is 2.34. The number of hydrogen-bond donors (Lipinski definition) is 6. The number of anilines is 2. The number of nitrogens with one attached hydrogen (secondary N) is 4. The quantitative estimate of drug-likeness (QED) is 0.0165. The molecule has 0 radical (unpaired) electrons. The van der Waals surface area contributed by atoms with Crippen molar-refractivity contribution >= 4 is 81.0 Å². The zero-order valence-electron chi connectivity index (χ0n) is 38.0. The van der Waals surface area contributed by atoms with Crippen LogP contribution in [0.25, 0.3) is 22.1 Å². The maximum atomic E-state index is 13.6. The molecule has 0 aliphatic carbocycles. The van der Waals surface area contributed by atoms with E-state index in [1.54, 1.807) is 16.8 Å². The Labute approximate surface area is 383 Å². The van der Waals surface area contributed by atoms with Crippen LogP contribution in [-0.4, -0.2) is 128 Å². The molecule has 5 heterocycles. The molecule has 2 aliphatic heterocycles. The van der Waals surface area contributed by atoms with Crippen LogP contribution in [0, 0.1) is 6.92 Å². The van der Waals surface area contributed by atoms with E-state index >= 15 is 0 Å². The third-order valence-electron chi connectivity index (χ3n) is 10.7. The van der Waals surface area contributed by atoms with E-state index in [4.69, 9.17) is 20.5 Å². The number of fused-ring (bicyclic) bond motifs is 2. The van der Waals surface area contributed by atoms with Crippen LogP contribution in [0.15, 0.2) is 52.4 Å². The summed E-state index contributed by atoms with van der Waals surface area (Å²) < 4.78 is 12.3. The zero-order chi connectivity index (χ0) is 46.2. The smallest absolute Gasteiger partial charge is 0.242 e. The molecule has 5 aromatic rings. The van der Waals surface area contributed by atoms with Crippen molar-refractivity contribution in [3.63, 3.8) is 0 Å². The highest BCUT2D eigenvalue weighted by atomic mass is 32.2. The second-order valence-corrected chi connectivity index (χ2v) is 17.1. The highest BCUT2D eigenvalue weighted by Crippen LogP contribution is 2.34. The normalized spacial score (nSPS) is 16.3. The number of nitrogens with two attached hydrogens (primary N) is 2. The number of aryl methyl sites for hydroxylation is 2. The first-order chi connectivity index (χ1) is 31.1. The van der Waals surface area contributed by atoms with E-state index < -0.39 is 0 Å². The number of carbonyl (C=O) groups excluding carboxylic acids is 3. The first kappa shape index (κ1) is 49.9. The number of hydrazine groups is 1. The van der Waals surface area contributed by atoms with Gasteiger partial charge in [0.15, 0.2) is 6.29 Å². The van der Waals surface area contributed by atoms with Crippen LogP contribution < -0.4 is 37.7 Å². The van der Waals surface area contributed by atoms with Crippen molar-refractivity contribution < 1.29 is 19.1 Å². The molecule has 64 heavy (non-hydrogen) atoms. The van der Waals surface area contributed by atoms with E-state index in [0.717, 1.165) is 108 Å². The second kappa shape index (κ2) is 24.8. The van der Waals surface area contributed by atoms with Gasteiger partial charge in [-0.3, -0.25) is 40.6 Å². The van der Waals surface area contributed by atoms with E-state index in [9.17, 15) is 14.4 Å². The van der Waals surface area contributed by atoms with E-state index in [1.807, 2.05) is 63.8 Å². The minimum absolute atomic E-state index is 0.0822. The van der Waals surface area contributed by atoms with Crippen LogP contribution in [0.2, 0.25) is 0 Å². The van der Waals surface area contributed by atoms with Gasteiger partial charge in [-0.25, -0.2) is 9.97 Å². The van der Waals surface area contributed by atoms with Crippen molar-refractivity contribution in [1.82, 2.24) is 44.5 Å². The van der Waals surface area contributed by atoms with Crippen molar-refractivity contribution in [3.8, 4) is 5.75 Å². The van der Waals surface area contributed by atoms with Gasteiger partial charge in [0.25, 0.3) is 0 Å². The van der Waals surface area contributed by atoms with Gasteiger partial charge in [0.1, 0.15) is 28.5 Å². The Morgan fingerprint density at radius 2 is 1.69 bits per heavy atom. The molecule has 1 fully saturated rings. The number of rotatable bonds is 19. The van der Waals surface area contributed by atoms with Gasteiger partial charge in [-0.2, -0.15) is 5.10 Å². The Kier molecular flexibility index (Phi) is 19.4. The standard InChI is InChI=1S/C36H49N11O3S2.C7H10N2O.CH5N/c1-5-26-33(52-23(2)41-26)34(49)44-36-43-28-18-25(22-48)20-30(51-4)32(28)47(36)13-7-6-12-46-31-27(42-35(46)38-3)17-24(21-40-37)19-29(31)50-16-8-11-45-14-9-39-10-15-45;1-3-9-7(5-10)4-6(2)8-9;1-2/h6-7,17-20,22,26,33,39-40H,5,8-16,21,37H2,1-4H3,(H,38,42)(H,43,44,49);4-5H,3H2,1-2H3;2H2,1H3/b7-6+;;. The molecule has 1 saturated heterocycles. The molecule has 2 aliphatic rings. The number of aldehydes is 2. The molecule has 0 spiro atoms. The molecule has 8 N–H and O–H groups in total. The zero-order valence-corrected chi connectivity index (χ0v) is 39.7. The molecule has 0 bridgehead atoms. The fourth-order valence-electron chi connectivity index (χ4n) is 7.72. The molecule has 2 unspecified atom stereocenters. The summed E-state index contributed by atoms with van der Waals surface area (Å²) in [7, 11) is 3.36. The van der Waals surface area contributed by atoms with E-state index in [1.165, 1.54) is 30.6 Å². The fraction of sp³-hybridized carbons (Fsp3) is 0.477. The summed E-state index contributed by atoms with van der Waals surface area (Å²) in [6.45, 7) is 15.8. The molecular weight excluding hydrogens is 853 g/mol. The topological polar surface area (TPSA) is 230 Å². The Morgan fingerprint density at radius 3 is 2.31 bits per heavy atom. The molecule has 346 valence electrons. The first-order valence-electron chi connectivity index (χ1n) is 21.6. The molecular formula is C44H64N14O4S2. The Hall–Kier alpha value is -5.09. The van der Waals surface area contributed by atoms with Gasteiger partial charge in [-0.05, 0) is 82.8 Å². The number of benzene rings is 2. The van der Waals surface area contributed by atoms with Crippen molar-refractivity contribution in [2.75, 3.05) is 70.3 Å². The summed E-state index contributed by atoms with van der Waals surface area (Å²) in [5, 5.41) is 14.4. The third kappa shape index (κ3) is 12.4. The van der Waals surface area contributed by atoms with Gasteiger partial charge in [0.2, 0.25) is 17.8 Å². The van der Waals surface area contributed by atoms with Crippen LogP contribution in [0.3, 0.4) is 0 Å². The molecule has 1 amide bonds. The summed E-state index contributed by atoms with van der Waals surface area (Å²) in [6, 6.07) is 9.39. The Morgan fingerprint density at radius 1 is 0.984 bits per heavy atom. The van der Waals surface area contributed by atoms with Crippen molar-refractivity contribution in [2.24, 2.45) is 16.6 Å². The van der Waals surface area contributed by atoms with E-state index in [2.05, 4.69) is 58.8 Å². The summed E-state index contributed by atoms with van der Waals surface area (Å²) in [5.74, 6) is 7.48. The van der Waals surface area contributed by atoms with Gasteiger partial charge in [-0.1, -0.05) is 30.8 Å². The predicted octanol–water partition coefficient (Wildman–Crippen LogP) is 4.71. The SMILES string of the molecule is CCC1N=C(C)SC1C(=O)Nc1nc2cc(C=O)cc(SC)c2n1C/C=C/Cn1c(NC)nc2cc(CNN)cc(OCCCN3CCNCC3)c21.CCn1nc(C)cc1C=O.CN. The van der Waals surface area contributed by atoms with Crippen LogP contribution in [0.1, 0.15) is 65.7 Å². The van der Waals surface area contributed by atoms with Gasteiger partial charge >= 0.3 is 0 Å². The average molecular weight is 917 g/mol. The van der Waals surface area contributed by atoms with Crippen LogP contribution in [-0.2, 0) is 31.0 Å². The first-order valence-corrected chi connectivity index (χ1v) is 23.7. The summed E-state index contributed by atoms with van der Waals surface area (Å²) >= 11 is 3.03. The van der Waals surface area contributed by atoms with Crippen LogP contribution in [0.4, 0.5) is 11.9 Å². The molecule has 3 aromatic heterocycles. The lowest BCUT2D eigenvalue weighted by molar-refractivity contribution is -0.116. The molecule has 18 nitrogen and oxygen atoms in total. The Bertz CT molecular complexity index is 2400. The molecule has 7 rings (SSSR count). The minimum Gasteiger partial charge on any atom is -0.491 e. The number of aromatic nitrogens is 6. The average Bonchev–Trinajstić information content (AvgIpc) is 4.09. The number of hydrogen-bond acceptors (Lipinski definition) is 16. The summed E-state index contributed by atoms with van der Waals surface area (Å²) in [6.07, 6.45) is 9.45. The predicted molar refractivity (Wildman–Crippen MR) is 261 cm³/mol. The van der Waals surface area contributed by atoms with Gasteiger partial charge in [0, 0.05) is 76.4 Å². The number of ether oxygens (including phenoxy) is 1. The summed E-state index contributed by atoms with van der Waals surface area (Å²) in [5.41, 5.74) is 13.6. The number of thioether (sulfide) groups is 2. The Balaban J connectivity index is 0.000000561. The number of aliphatic imine (C=N–C) groups is 1. The monoisotopic (exact) mass is 916 g/mol. The van der Waals surface area contributed by atoms with Crippen LogP contribution in [0.5, 0.6) is 5.75 Å². The van der Waals surface area contributed by atoms with Gasteiger partial charge in [0.05, 0.1) is 39.9 Å². The van der Waals surface area contributed by atoms with E-state index in [0.29, 0.717) is 54.9 Å². The number of carbonyl (C=O) groups is 3. The van der Waals surface area contributed by atoms with Crippen LogP contribution >= 0.6 is 23.5 Å². The molecule has 2 atom stereocenters. The molecule has 0 saturated carbocycles. The summed E-state index contributed by atoms with van der Waals surface area (Å²) in [4.78, 5) is 53.5. The minimum atomic E-state index is -0.325. The largest absolute Gasteiger partial charge is 0.491 e. The van der Waals surface area contributed by atoms with E-state index in [-0.39, 0.29) is 17.2 Å². The van der Waals surface area contributed by atoms with Crippen molar-refractivity contribution in [1.29, 1.82) is 0 Å². The number of amides is 1. The number of allylic oxidation sites excluding steroid dienone is 2. The molecule has 20 heteroatoms. The third-order valence-corrected chi connectivity index (χ3v) is 12.6. The van der Waals surface area contributed by atoms with Gasteiger partial charge < -0.3 is 35.1 Å². The number of piperazine rings is 1.